The van der Waals surface area contributed by atoms with Crippen molar-refractivity contribution in [2.24, 2.45) is 0 Å². The first-order chi connectivity index (χ1) is 11.2. The van der Waals surface area contributed by atoms with Crippen LogP contribution in [0.2, 0.25) is 0 Å². The maximum Gasteiger partial charge on any atom is 0.255 e. The van der Waals surface area contributed by atoms with Crippen molar-refractivity contribution >= 4 is 16.8 Å². The number of methoxy groups -OCH3 is 1. The van der Waals surface area contributed by atoms with E-state index in [1.165, 1.54) is 0 Å². The SMILES string of the molecule is CCn1nc(CNC(=O)c2ccccc2OC)c2ccccc21. The Kier molecular flexibility index (Phi) is 4.28. The molecule has 0 aliphatic heterocycles. The van der Waals surface area contributed by atoms with Gasteiger partial charge in [0.15, 0.2) is 0 Å². The first-order valence-corrected chi connectivity index (χ1v) is 7.60. The summed E-state index contributed by atoms with van der Waals surface area (Å²) in [6, 6.07) is 15.2. The van der Waals surface area contributed by atoms with Gasteiger partial charge in [0.1, 0.15) is 5.75 Å². The average molecular weight is 309 g/mol. The van der Waals surface area contributed by atoms with Gasteiger partial charge in [0, 0.05) is 11.9 Å². The number of aromatic nitrogens is 2. The monoisotopic (exact) mass is 309 g/mol. The van der Waals surface area contributed by atoms with Crippen LogP contribution in [0.1, 0.15) is 23.0 Å². The Bertz CT molecular complexity index is 839. The van der Waals surface area contributed by atoms with Crippen LogP contribution in [0.3, 0.4) is 0 Å². The van der Waals surface area contributed by atoms with Gasteiger partial charge in [-0.05, 0) is 25.1 Å². The molecular formula is C18H19N3O2. The van der Waals surface area contributed by atoms with Crippen LogP contribution in [0.4, 0.5) is 0 Å². The molecule has 1 heterocycles. The molecule has 1 N–H and O–H groups in total. The van der Waals surface area contributed by atoms with E-state index in [1.54, 1.807) is 19.2 Å². The lowest BCUT2D eigenvalue weighted by Gasteiger charge is -2.08. The number of nitrogens with one attached hydrogen (secondary N) is 1. The fraction of sp³-hybridized carbons (Fsp3) is 0.222. The Balaban J connectivity index is 1.82. The highest BCUT2D eigenvalue weighted by atomic mass is 16.5. The summed E-state index contributed by atoms with van der Waals surface area (Å²) in [6.45, 7) is 3.22. The van der Waals surface area contributed by atoms with E-state index >= 15 is 0 Å². The Hall–Kier alpha value is -2.82. The third kappa shape index (κ3) is 2.90. The van der Waals surface area contributed by atoms with Gasteiger partial charge in [-0.15, -0.1) is 0 Å². The minimum Gasteiger partial charge on any atom is -0.496 e. The molecular weight excluding hydrogens is 290 g/mol. The highest BCUT2D eigenvalue weighted by Gasteiger charge is 2.13. The number of para-hydroxylation sites is 2. The predicted octanol–water partition coefficient (Wildman–Crippen LogP) is 2.99. The molecule has 0 saturated carbocycles. The van der Waals surface area contributed by atoms with Crippen molar-refractivity contribution in [3.05, 3.63) is 59.8 Å². The van der Waals surface area contributed by atoms with Gasteiger partial charge in [0.2, 0.25) is 0 Å². The molecule has 0 aliphatic carbocycles. The van der Waals surface area contributed by atoms with Gasteiger partial charge in [0.25, 0.3) is 5.91 Å². The Morgan fingerprint density at radius 1 is 1.17 bits per heavy atom. The van der Waals surface area contributed by atoms with Crippen molar-refractivity contribution in [2.45, 2.75) is 20.0 Å². The summed E-state index contributed by atoms with van der Waals surface area (Å²) in [5.74, 6) is 0.395. The van der Waals surface area contributed by atoms with E-state index in [-0.39, 0.29) is 5.91 Å². The van der Waals surface area contributed by atoms with Crippen LogP contribution in [0.25, 0.3) is 10.9 Å². The molecule has 0 unspecified atom stereocenters. The van der Waals surface area contributed by atoms with Crippen LogP contribution in [0, 0.1) is 0 Å². The van der Waals surface area contributed by atoms with Crippen molar-refractivity contribution in [2.75, 3.05) is 7.11 Å². The third-order valence-corrected chi connectivity index (χ3v) is 3.80. The number of carbonyl (C=O) groups is 1. The van der Waals surface area contributed by atoms with E-state index in [4.69, 9.17) is 4.74 Å². The topological polar surface area (TPSA) is 56.2 Å². The molecule has 0 bridgehead atoms. The molecule has 23 heavy (non-hydrogen) atoms. The third-order valence-electron chi connectivity index (χ3n) is 3.80. The maximum absolute atomic E-state index is 12.4. The Labute approximate surface area is 134 Å². The minimum atomic E-state index is -0.169. The number of rotatable bonds is 5. The quantitative estimate of drug-likeness (QED) is 0.788. The standard InChI is InChI=1S/C18H19N3O2/c1-3-21-16-10-6-4-8-13(16)15(20-21)12-19-18(22)14-9-5-7-11-17(14)23-2/h4-11H,3,12H2,1-2H3,(H,19,22). The first kappa shape index (κ1) is 15.1. The normalized spacial score (nSPS) is 10.7. The number of nitrogens with zero attached hydrogens (tertiary/aromatic N) is 2. The van der Waals surface area contributed by atoms with Crippen LogP contribution >= 0.6 is 0 Å². The van der Waals surface area contributed by atoms with Crippen LogP contribution in [0.15, 0.2) is 48.5 Å². The molecule has 0 saturated heterocycles. The fourth-order valence-corrected chi connectivity index (χ4v) is 2.66. The number of hydrogen-bond donors (Lipinski definition) is 1. The molecule has 2 aromatic carbocycles. The summed E-state index contributed by atoms with van der Waals surface area (Å²) in [6.07, 6.45) is 0. The maximum atomic E-state index is 12.4. The van der Waals surface area contributed by atoms with Gasteiger partial charge in [-0.25, -0.2) is 0 Å². The van der Waals surface area contributed by atoms with Gasteiger partial charge >= 0.3 is 0 Å². The average Bonchev–Trinajstić information content (AvgIpc) is 2.97. The van der Waals surface area contributed by atoms with E-state index in [0.717, 1.165) is 23.1 Å². The molecule has 0 aliphatic rings. The second-order valence-corrected chi connectivity index (χ2v) is 5.16. The molecule has 118 valence electrons. The van der Waals surface area contributed by atoms with Crippen LogP contribution < -0.4 is 10.1 Å². The largest absolute Gasteiger partial charge is 0.496 e. The zero-order valence-electron chi connectivity index (χ0n) is 13.2. The summed E-state index contributed by atoms with van der Waals surface area (Å²) in [5, 5.41) is 8.58. The van der Waals surface area contributed by atoms with Crippen LogP contribution in [-0.4, -0.2) is 22.8 Å². The number of amides is 1. The molecule has 0 atom stereocenters. The van der Waals surface area contributed by atoms with Crippen molar-refractivity contribution in [3.8, 4) is 5.75 Å². The summed E-state index contributed by atoms with van der Waals surface area (Å²) in [5.41, 5.74) is 2.47. The number of carbonyl (C=O) groups excluding carboxylic acids is 1. The van der Waals surface area contributed by atoms with Crippen molar-refractivity contribution in [1.82, 2.24) is 15.1 Å². The molecule has 1 aromatic heterocycles. The van der Waals surface area contributed by atoms with Gasteiger partial charge in [-0.1, -0.05) is 30.3 Å². The van der Waals surface area contributed by atoms with E-state index < -0.39 is 0 Å². The molecule has 5 heteroatoms. The lowest BCUT2D eigenvalue weighted by Crippen LogP contribution is -2.23. The molecule has 0 fully saturated rings. The van der Waals surface area contributed by atoms with E-state index in [1.807, 2.05) is 41.1 Å². The number of benzene rings is 2. The van der Waals surface area contributed by atoms with E-state index in [0.29, 0.717) is 17.9 Å². The molecule has 3 aromatic rings. The second kappa shape index (κ2) is 6.52. The first-order valence-electron chi connectivity index (χ1n) is 7.60. The van der Waals surface area contributed by atoms with Crippen molar-refractivity contribution in [3.63, 3.8) is 0 Å². The molecule has 0 spiro atoms. The van der Waals surface area contributed by atoms with Gasteiger partial charge in [0.05, 0.1) is 30.4 Å². The van der Waals surface area contributed by atoms with Gasteiger partial charge < -0.3 is 10.1 Å². The lowest BCUT2D eigenvalue weighted by atomic mass is 10.1. The zero-order valence-corrected chi connectivity index (χ0v) is 13.2. The highest BCUT2D eigenvalue weighted by Crippen LogP contribution is 2.20. The number of aryl methyl sites for hydroxylation is 1. The molecule has 5 nitrogen and oxygen atoms in total. The van der Waals surface area contributed by atoms with Gasteiger partial charge in [-0.2, -0.15) is 5.10 Å². The predicted molar refractivity (Wildman–Crippen MR) is 89.6 cm³/mol. The van der Waals surface area contributed by atoms with Gasteiger partial charge in [-0.3, -0.25) is 9.48 Å². The number of ether oxygens (including phenoxy) is 1. The Morgan fingerprint density at radius 2 is 1.91 bits per heavy atom. The van der Waals surface area contributed by atoms with Crippen molar-refractivity contribution < 1.29 is 9.53 Å². The number of fused-ring (bicyclic) bond motifs is 1. The second-order valence-electron chi connectivity index (χ2n) is 5.16. The summed E-state index contributed by atoms with van der Waals surface area (Å²) in [4.78, 5) is 12.4. The minimum absolute atomic E-state index is 0.169. The number of hydrogen-bond acceptors (Lipinski definition) is 3. The van der Waals surface area contributed by atoms with Crippen molar-refractivity contribution in [1.29, 1.82) is 0 Å². The van der Waals surface area contributed by atoms with Crippen LogP contribution in [0.5, 0.6) is 5.75 Å². The van der Waals surface area contributed by atoms with E-state index in [2.05, 4.69) is 17.3 Å². The Morgan fingerprint density at radius 3 is 2.70 bits per heavy atom. The summed E-state index contributed by atoms with van der Waals surface area (Å²) < 4.78 is 7.17. The lowest BCUT2D eigenvalue weighted by molar-refractivity contribution is 0.0947. The van der Waals surface area contributed by atoms with Crippen LogP contribution in [-0.2, 0) is 13.1 Å². The van der Waals surface area contributed by atoms with E-state index in [9.17, 15) is 4.79 Å². The molecule has 0 radical (unpaired) electrons. The molecule has 1 amide bonds. The highest BCUT2D eigenvalue weighted by molar-refractivity contribution is 5.97. The fourth-order valence-electron chi connectivity index (χ4n) is 2.66. The summed E-state index contributed by atoms with van der Waals surface area (Å²) in [7, 11) is 1.56. The zero-order chi connectivity index (χ0) is 16.2. The smallest absolute Gasteiger partial charge is 0.255 e. The summed E-state index contributed by atoms with van der Waals surface area (Å²) >= 11 is 0. The molecule has 3 rings (SSSR count).